The van der Waals surface area contributed by atoms with Gasteiger partial charge in [-0.2, -0.15) is 0 Å². The summed E-state index contributed by atoms with van der Waals surface area (Å²) in [6.45, 7) is 0. The van der Waals surface area contributed by atoms with E-state index in [0.717, 1.165) is 11.8 Å². The maximum atomic E-state index is 14.1. The molecule has 0 saturated heterocycles. The number of anilines is 2. The Labute approximate surface area is 201 Å². The average molecular weight is 506 g/mol. The zero-order valence-electron chi connectivity index (χ0n) is 17.9. The van der Waals surface area contributed by atoms with Crippen molar-refractivity contribution in [2.24, 2.45) is 0 Å². The number of carboxylic acids is 1. The molecule has 182 valence electrons. The summed E-state index contributed by atoms with van der Waals surface area (Å²) in [6.07, 6.45) is -0.576. The van der Waals surface area contributed by atoms with E-state index in [2.05, 4.69) is 5.32 Å². The van der Waals surface area contributed by atoms with Crippen LogP contribution in [0.4, 0.5) is 28.9 Å². The lowest BCUT2D eigenvalue weighted by molar-refractivity contribution is -0.138. The predicted octanol–water partition coefficient (Wildman–Crippen LogP) is 5.52. The van der Waals surface area contributed by atoms with Crippen LogP contribution in [0.15, 0.2) is 65.6 Å². The lowest BCUT2D eigenvalue weighted by Crippen LogP contribution is -2.21. The summed E-state index contributed by atoms with van der Waals surface area (Å²) in [5.41, 5.74) is -0.473. The number of carbonyl (C=O) groups excluding carboxylic acids is 2. The minimum absolute atomic E-state index is 0.0417. The first kappa shape index (κ1) is 25.8. The molecule has 0 radical (unpaired) electrons. The van der Waals surface area contributed by atoms with Gasteiger partial charge < -0.3 is 15.7 Å². The van der Waals surface area contributed by atoms with Gasteiger partial charge in [0.05, 0.1) is 6.42 Å². The minimum atomic E-state index is -1.74. The van der Waals surface area contributed by atoms with Crippen LogP contribution in [-0.4, -0.2) is 22.9 Å². The highest BCUT2D eigenvalue weighted by Crippen LogP contribution is 2.38. The number of carboxylic acid groups (broad SMARTS) is 1. The quantitative estimate of drug-likeness (QED) is 0.202. The normalized spacial score (nSPS) is 11.5. The summed E-state index contributed by atoms with van der Waals surface area (Å²) in [7, 11) is 0. The Bertz CT molecular complexity index is 1230. The summed E-state index contributed by atoms with van der Waals surface area (Å²) in [4.78, 5) is 36.0. The van der Waals surface area contributed by atoms with Crippen LogP contribution in [0.3, 0.4) is 0 Å². The maximum Gasteiger partial charge on any atom is 0.303 e. The van der Waals surface area contributed by atoms with E-state index in [1.54, 1.807) is 48.5 Å². The second-order valence-corrected chi connectivity index (χ2v) is 8.39. The molecule has 0 aliphatic rings. The highest BCUT2D eigenvalue weighted by atomic mass is 32.2. The van der Waals surface area contributed by atoms with E-state index in [1.165, 1.54) is 6.07 Å². The zero-order chi connectivity index (χ0) is 25.5. The van der Waals surface area contributed by atoms with E-state index in [4.69, 9.17) is 5.11 Å². The zero-order valence-corrected chi connectivity index (χ0v) is 18.7. The molecule has 0 aliphatic carbocycles. The van der Waals surface area contributed by atoms with E-state index in [-0.39, 0.29) is 18.9 Å². The fraction of sp³-hybridized carbons (Fsp3) is 0.125. The van der Waals surface area contributed by atoms with E-state index in [9.17, 15) is 31.9 Å². The number of hydrogen-bond donors (Lipinski definition) is 3. The first-order valence-electron chi connectivity index (χ1n) is 10.1. The molecule has 0 fully saturated rings. The molecule has 1 atom stereocenters. The second kappa shape index (κ2) is 11.5. The van der Waals surface area contributed by atoms with Gasteiger partial charge in [-0.25, -0.2) is 17.6 Å². The number of carbonyl (C=O) groups is 3. The van der Waals surface area contributed by atoms with Gasteiger partial charge in [0.1, 0.15) is 10.9 Å². The van der Waals surface area contributed by atoms with E-state index in [0.29, 0.717) is 16.1 Å². The molecule has 3 rings (SSSR count). The van der Waals surface area contributed by atoms with Gasteiger partial charge >= 0.3 is 5.97 Å². The third-order valence-electron chi connectivity index (χ3n) is 4.64. The highest BCUT2D eigenvalue weighted by Gasteiger charge is 2.27. The van der Waals surface area contributed by atoms with Crippen LogP contribution in [-0.2, 0) is 14.4 Å². The van der Waals surface area contributed by atoms with Crippen molar-refractivity contribution in [1.82, 2.24) is 0 Å². The van der Waals surface area contributed by atoms with Gasteiger partial charge in [0.25, 0.3) is 0 Å². The summed E-state index contributed by atoms with van der Waals surface area (Å²) < 4.78 is 55.4. The molecule has 3 aromatic rings. The number of hydrogen-bond acceptors (Lipinski definition) is 4. The lowest BCUT2D eigenvalue weighted by atomic mass is 10.1. The molecule has 0 aliphatic heterocycles. The molecular formula is C24H18F4N2O4S. The van der Waals surface area contributed by atoms with E-state index in [1.807, 2.05) is 5.32 Å². The van der Waals surface area contributed by atoms with Crippen molar-refractivity contribution in [1.29, 1.82) is 0 Å². The molecule has 3 N–H and O–H groups in total. The van der Waals surface area contributed by atoms with Crippen molar-refractivity contribution in [3.8, 4) is 0 Å². The molecule has 35 heavy (non-hydrogen) atoms. The summed E-state index contributed by atoms with van der Waals surface area (Å²) in [5.74, 6) is -9.37. The first-order chi connectivity index (χ1) is 16.7. The van der Waals surface area contributed by atoms with Crippen LogP contribution in [0, 0.1) is 23.3 Å². The van der Waals surface area contributed by atoms with Gasteiger partial charge in [-0.15, -0.1) is 11.8 Å². The van der Waals surface area contributed by atoms with Gasteiger partial charge in [-0.1, -0.05) is 36.4 Å². The van der Waals surface area contributed by atoms with Gasteiger partial charge in [0, 0.05) is 23.1 Å². The van der Waals surface area contributed by atoms with Crippen LogP contribution in [0.2, 0.25) is 0 Å². The summed E-state index contributed by atoms with van der Waals surface area (Å²) >= 11 is 0.959. The number of rotatable bonds is 9. The maximum absolute atomic E-state index is 14.1. The summed E-state index contributed by atoms with van der Waals surface area (Å²) in [5, 5.41) is 12.1. The molecule has 0 bridgehead atoms. The summed E-state index contributed by atoms with van der Waals surface area (Å²) in [6, 6.07) is 14.5. The Morgan fingerprint density at radius 3 is 2.11 bits per heavy atom. The highest BCUT2D eigenvalue weighted by molar-refractivity contribution is 8.00. The molecule has 11 heteroatoms. The van der Waals surface area contributed by atoms with Crippen LogP contribution in [0.1, 0.15) is 23.7 Å². The number of thioether (sulfide) groups is 1. The molecule has 1 unspecified atom stereocenters. The topological polar surface area (TPSA) is 95.5 Å². The van der Waals surface area contributed by atoms with Gasteiger partial charge in [-0.3, -0.25) is 14.4 Å². The predicted molar refractivity (Wildman–Crippen MR) is 122 cm³/mol. The molecule has 6 nitrogen and oxygen atoms in total. The van der Waals surface area contributed by atoms with Crippen molar-refractivity contribution in [2.45, 2.75) is 23.0 Å². The van der Waals surface area contributed by atoms with Crippen molar-refractivity contribution in [3.63, 3.8) is 0 Å². The Kier molecular flexibility index (Phi) is 8.48. The third kappa shape index (κ3) is 6.82. The van der Waals surface area contributed by atoms with E-state index < -0.39 is 52.0 Å². The Morgan fingerprint density at radius 2 is 1.49 bits per heavy atom. The molecule has 0 saturated carbocycles. The Morgan fingerprint density at radius 1 is 0.829 bits per heavy atom. The monoisotopic (exact) mass is 506 g/mol. The van der Waals surface area contributed by atoms with Gasteiger partial charge in [-0.05, 0) is 23.8 Å². The SMILES string of the molecule is O=C(O)CCC(=O)Nc1cccc(SC(C(=O)Nc2c(F)c(F)cc(F)c2F)c2ccccc2)c1. The van der Waals surface area contributed by atoms with Crippen molar-refractivity contribution < 1.29 is 37.1 Å². The van der Waals surface area contributed by atoms with Crippen molar-refractivity contribution in [3.05, 3.63) is 89.5 Å². The number of amides is 2. The van der Waals surface area contributed by atoms with Crippen LogP contribution in [0.25, 0.3) is 0 Å². The molecule has 3 aromatic carbocycles. The molecule has 2 amide bonds. The van der Waals surface area contributed by atoms with Crippen LogP contribution in [0.5, 0.6) is 0 Å². The van der Waals surface area contributed by atoms with Crippen molar-refractivity contribution in [2.75, 3.05) is 10.6 Å². The minimum Gasteiger partial charge on any atom is -0.481 e. The largest absolute Gasteiger partial charge is 0.481 e. The number of halogens is 4. The lowest BCUT2D eigenvalue weighted by Gasteiger charge is -2.18. The molecule has 0 spiro atoms. The first-order valence-corrected chi connectivity index (χ1v) is 11.0. The fourth-order valence-corrected chi connectivity index (χ4v) is 4.08. The standard InChI is InChI=1S/C24H18F4N2O4S/c25-16-12-17(26)21(28)22(20(16)27)30-24(34)23(13-5-2-1-3-6-13)35-15-8-4-7-14(11-15)29-18(31)9-10-19(32)33/h1-8,11-12,23H,9-10H2,(H,29,31)(H,30,34)(H,32,33). The van der Waals surface area contributed by atoms with Crippen LogP contribution < -0.4 is 10.6 Å². The van der Waals surface area contributed by atoms with Crippen LogP contribution >= 0.6 is 11.8 Å². The van der Waals surface area contributed by atoms with Crippen molar-refractivity contribution >= 4 is 40.9 Å². The second-order valence-electron chi connectivity index (χ2n) is 7.21. The van der Waals surface area contributed by atoms with Gasteiger partial charge in [0.2, 0.25) is 11.8 Å². The van der Waals surface area contributed by atoms with Gasteiger partial charge in [0.15, 0.2) is 23.3 Å². The molecule has 0 heterocycles. The van der Waals surface area contributed by atoms with E-state index >= 15 is 0 Å². The number of aliphatic carboxylic acids is 1. The Balaban J connectivity index is 1.85. The average Bonchev–Trinajstić information content (AvgIpc) is 2.83. The molecular weight excluding hydrogens is 488 g/mol. The smallest absolute Gasteiger partial charge is 0.303 e. The number of benzene rings is 3. The third-order valence-corrected chi connectivity index (χ3v) is 5.89. The fourth-order valence-electron chi connectivity index (χ4n) is 3.00. The number of nitrogens with one attached hydrogen (secondary N) is 2. The Hall–Kier alpha value is -3.86. The molecule has 0 aromatic heterocycles.